The van der Waals surface area contributed by atoms with Crippen molar-refractivity contribution < 1.29 is 23.6 Å². The molecular formula is C20H19N3O5. The molecule has 0 unspecified atom stereocenters. The zero-order valence-electron chi connectivity index (χ0n) is 15.3. The Labute approximate surface area is 160 Å². The summed E-state index contributed by atoms with van der Waals surface area (Å²) >= 11 is 0. The van der Waals surface area contributed by atoms with Crippen molar-refractivity contribution in [1.29, 1.82) is 0 Å². The summed E-state index contributed by atoms with van der Waals surface area (Å²) in [5.74, 6) is -1.31. The summed E-state index contributed by atoms with van der Waals surface area (Å²) in [6, 6.07) is 13.1. The lowest BCUT2D eigenvalue weighted by molar-refractivity contribution is -0.130. The summed E-state index contributed by atoms with van der Waals surface area (Å²) in [4.78, 5) is 35.6. The van der Waals surface area contributed by atoms with Crippen LogP contribution in [0, 0.1) is 5.92 Å². The van der Waals surface area contributed by atoms with Crippen LogP contribution in [-0.4, -0.2) is 29.2 Å². The Balaban J connectivity index is 1.89. The van der Waals surface area contributed by atoms with Crippen molar-refractivity contribution in [2.24, 2.45) is 11.7 Å². The molecule has 2 aromatic carbocycles. The largest absolute Gasteiger partial charge is 0.448 e. The van der Waals surface area contributed by atoms with Gasteiger partial charge in [-0.2, -0.15) is 0 Å². The lowest BCUT2D eigenvalue weighted by atomic mass is 10.1. The number of ether oxygens (including phenoxy) is 1. The Hall–Kier alpha value is -3.68. The highest BCUT2D eigenvalue weighted by atomic mass is 16.5. The molecule has 0 aliphatic rings. The highest BCUT2D eigenvalue weighted by Crippen LogP contribution is 2.29. The summed E-state index contributed by atoms with van der Waals surface area (Å²) in [6.07, 6.45) is -1.16. The number of nitrogens with one attached hydrogen (secondary N) is 1. The Bertz CT molecular complexity index is 1030. The Morgan fingerprint density at radius 1 is 1.11 bits per heavy atom. The Morgan fingerprint density at radius 3 is 2.46 bits per heavy atom. The van der Waals surface area contributed by atoms with Crippen LogP contribution >= 0.6 is 0 Å². The highest BCUT2D eigenvalue weighted by Gasteiger charge is 2.28. The Kier molecular flexibility index (Phi) is 5.39. The molecule has 3 amide bonds. The molecule has 1 atom stereocenters. The number of esters is 1. The third kappa shape index (κ3) is 4.01. The third-order valence-electron chi connectivity index (χ3n) is 4.09. The van der Waals surface area contributed by atoms with Gasteiger partial charge >= 0.3 is 12.0 Å². The third-order valence-corrected chi connectivity index (χ3v) is 4.09. The van der Waals surface area contributed by atoms with Crippen LogP contribution in [0.4, 0.5) is 4.79 Å². The standard InChI is InChI=1S/C20H19N3O5/c1-11(2)16(18(24)22-20(21)26)27-19(25)13-8-9-15-14(10-13)17(28-23-15)12-6-4-3-5-7-12/h3-11,16H,1-2H3,(H3,21,22,24,26)/t16-/m1/s1. The first-order valence-corrected chi connectivity index (χ1v) is 8.63. The van der Waals surface area contributed by atoms with Crippen LogP contribution in [0.1, 0.15) is 24.2 Å². The van der Waals surface area contributed by atoms with E-state index in [2.05, 4.69) is 5.16 Å². The molecule has 144 valence electrons. The van der Waals surface area contributed by atoms with Gasteiger partial charge in [0, 0.05) is 5.56 Å². The summed E-state index contributed by atoms with van der Waals surface area (Å²) in [6.45, 7) is 3.38. The summed E-state index contributed by atoms with van der Waals surface area (Å²) < 4.78 is 10.7. The second-order valence-electron chi connectivity index (χ2n) is 6.53. The second-order valence-corrected chi connectivity index (χ2v) is 6.53. The van der Waals surface area contributed by atoms with Crippen molar-refractivity contribution in [3.05, 3.63) is 54.1 Å². The van der Waals surface area contributed by atoms with Crippen molar-refractivity contribution in [3.8, 4) is 11.3 Å². The van der Waals surface area contributed by atoms with E-state index in [1.807, 2.05) is 35.6 Å². The fourth-order valence-electron chi connectivity index (χ4n) is 2.73. The lowest BCUT2D eigenvalue weighted by Crippen LogP contribution is -2.45. The molecule has 0 fully saturated rings. The van der Waals surface area contributed by atoms with Crippen LogP contribution in [0.25, 0.3) is 22.2 Å². The number of carbonyl (C=O) groups excluding carboxylic acids is 3. The van der Waals surface area contributed by atoms with Crippen molar-refractivity contribution in [1.82, 2.24) is 10.5 Å². The first-order valence-electron chi connectivity index (χ1n) is 8.63. The van der Waals surface area contributed by atoms with Crippen LogP contribution < -0.4 is 11.1 Å². The van der Waals surface area contributed by atoms with E-state index in [0.717, 1.165) is 5.56 Å². The van der Waals surface area contributed by atoms with Gasteiger partial charge in [-0.25, -0.2) is 9.59 Å². The molecule has 3 N–H and O–H groups in total. The van der Waals surface area contributed by atoms with Gasteiger partial charge < -0.3 is 15.0 Å². The number of nitrogens with two attached hydrogens (primary N) is 1. The van der Waals surface area contributed by atoms with E-state index in [4.69, 9.17) is 15.0 Å². The monoisotopic (exact) mass is 381 g/mol. The number of rotatable bonds is 5. The zero-order chi connectivity index (χ0) is 20.3. The molecule has 0 saturated heterocycles. The molecule has 1 aromatic heterocycles. The fourth-order valence-corrected chi connectivity index (χ4v) is 2.73. The second kappa shape index (κ2) is 7.91. The van der Waals surface area contributed by atoms with Crippen LogP contribution in [-0.2, 0) is 9.53 Å². The number of hydrogen-bond donors (Lipinski definition) is 2. The molecule has 28 heavy (non-hydrogen) atoms. The average molecular weight is 381 g/mol. The van der Waals surface area contributed by atoms with E-state index in [9.17, 15) is 14.4 Å². The highest BCUT2D eigenvalue weighted by molar-refractivity contribution is 6.01. The number of hydrogen-bond acceptors (Lipinski definition) is 6. The maximum absolute atomic E-state index is 12.6. The molecule has 0 saturated carbocycles. The molecule has 8 nitrogen and oxygen atoms in total. The van der Waals surface area contributed by atoms with E-state index in [1.54, 1.807) is 26.0 Å². The quantitative estimate of drug-likeness (QED) is 0.655. The van der Waals surface area contributed by atoms with Crippen molar-refractivity contribution in [2.45, 2.75) is 20.0 Å². The van der Waals surface area contributed by atoms with E-state index in [-0.39, 0.29) is 11.5 Å². The lowest BCUT2D eigenvalue weighted by Gasteiger charge is -2.19. The molecule has 0 spiro atoms. The number of carbonyl (C=O) groups is 3. The summed E-state index contributed by atoms with van der Waals surface area (Å²) in [5.41, 5.74) is 6.60. The molecular weight excluding hydrogens is 362 g/mol. The minimum absolute atomic E-state index is 0.227. The first-order chi connectivity index (χ1) is 13.4. The van der Waals surface area contributed by atoms with Crippen LogP contribution in [0.3, 0.4) is 0 Å². The predicted molar refractivity (Wildman–Crippen MR) is 101 cm³/mol. The summed E-state index contributed by atoms with van der Waals surface area (Å²) in [5, 5.41) is 6.58. The van der Waals surface area contributed by atoms with E-state index < -0.39 is 24.0 Å². The van der Waals surface area contributed by atoms with Crippen LogP contribution in [0.15, 0.2) is 53.1 Å². The van der Waals surface area contributed by atoms with Gasteiger partial charge in [-0.15, -0.1) is 0 Å². The van der Waals surface area contributed by atoms with Crippen molar-refractivity contribution in [3.63, 3.8) is 0 Å². The maximum Gasteiger partial charge on any atom is 0.338 e. The number of primary amides is 1. The molecule has 0 aliphatic heterocycles. The minimum Gasteiger partial charge on any atom is -0.448 e. The summed E-state index contributed by atoms with van der Waals surface area (Å²) in [7, 11) is 0. The zero-order valence-corrected chi connectivity index (χ0v) is 15.3. The van der Waals surface area contributed by atoms with Gasteiger partial charge in [-0.3, -0.25) is 10.1 Å². The van der Waals surface area contributed by atoms with Crippen LogP contribution in [0.2, 0.25) is 0 Å². The van der Waals surface area contributed by atoms with E-state index in [0.29, 0.717) is 16.7 Å². The predicted octanol–water partition coefficient (Wildman–Crippen LogP) is 2.87. The normalized spacial score (nSPS) is 12.0. The first kappa shape index (κ1) is 19.1. The van der Waals surface area contributed by atoms with Gasteiger partial charge in [-0.1, -0.05) is 49.3 Å². The topological polar surface area (TPSA) is 125 Å². The SMILES string of the molecule is CC(C)[C@@H](OC(=O)c1ccc2noc(-c3ccccc3)c2c1)C(=O)NC(N)=O. The van der Waals surface area contributed by atoms with Crippen molar-refractivity contribution >= 4 is 28.8 Å². The molecule has 8 heteroatoms. The van der Waals surface area contributed by atoms with Gasteiger partial charge in [0.15, 0.2) is 11.9 Å². The number of nitrogens with zero attached hydrogens (tertiary/aromatic N) is 1. The van der Waals surface area contributed by atoms with Gasteiger partial charge in [0.25, 0.3) is 5.91 Å². The average Bonchev–Trinajstić information content (AvgIpc) is 3.08. The number of imide groups is 1. The molecule has 1 heterocycles. The van der Waals surface area contributed by atoms with Crippen LogP contribution in [0.5, 0.6) is 0 Å². The van der Waals surface area contributed by atoms with Gasteiger partial charge in [0.1, 0.15) is 5.52 Å². The van der Waals surface area contributed by atoms with E-state index >= 15 is 0 Å². The number of aromatic nitrogens is 1. The number of benzene rings is 2. The van der Waals surface area contributed by atoms with Crippen molar-refractivity contribution in [2.75, 3.05) is 0 Å². The van der Waals surface area contributed by atoms with Gasteiger partial charge in [0.2, 0.25) is 0 Å². The fraction of sp³-hybridized carbons (Fsp3) is 0.200. The molecule has 0 radical (unpaired) electrons. The molecule has 0 bridgehead atoms. The Morgan fingerprint density at radius 2 is 1.82 bits per heavy atom. The number of fused-ring (bicyclic) bond motifs is 1. The smallest absolute Gasteiger partial charge is 0.338 e. The minimum atomic E-state index is -1.16. The number of amides is 3. The maximum atomic E-state index is 12.6. The molecule has 3 rings (SSSR count). The van der Waals surface area contributed by atoms with Gasteiger partial charge in [-0.05, 0) is 24.1 Å². The van der Waals surface area contributed by atoms with Gasteiger partial charge in [0.05, 0.1) is 10.9 Å². The molecule has 0 aliphatic carbocycles. The molecule has 3 aromatic rings. The van der Waals surface area contributed by atoms with E-state index in [1.165, 1.54) is 6.07 Å². The number of urea groups is 1.